The highest BCUT2D eigenvalue weighted by Crippen LogP contribution is 2.19. The van der Waals surface area contributed by atoms with Crippen molar-refractivity contribution in [3.8, 4) is 5.75 Å². The maximum absolute atomic E-state index is 12.2. The topological polar surface area (TPSA) is 81.4 Å². The largest absolute Gasteiger partial charge is 0.435 e. The van der Waals surface area contributed by atoms with Crippen molar-refractivity contribution in [2.24, 2.45) is 5.73 Å². The number of ether oxygens (including phenoxy) is 1. The summed E-state index contributed by atoms with van der Waals surface area (Å²) in [6, 6.07) is 12.0. The van der Waals surface area contributed by atoms with Crippen molar-refractivity contribution in [3.63, 3.8) is 0 Å². The van der Waals surface area contributed by atoms with Crippen LogP contribution in [0.5, 0.6) is 5.75 Å². The molecule has 0 radical (unpaired) electrons. The van der Waals surface area contributed by atoms with E-state index in [0.29, 0.717) is 11.3 Å². The lowest BCUT2D eigenvalue weighted by atomic mass is 10.1. The minimum Gasteiger partial charge on any atom is -0.435 e. The first kappa shape index (κ1) is 16.4. The van der Waals surface area contributed by atoms with Crippen LogP contribution >= 0.6 is 0 Å². The Bertz CT molecular complexity index is 703. The van der Waals surface area contributed by atoms with Gasteiger partial charge in [-0.25, -0.2) is 0 Å². The average Bonchev–Trinajstić information content (AvgIpc) is 2.49. The van der Waals surface area contributed by atoms with Gasteiger partial charge >= 0.3 is 6.61 Å². The van der Waals surface area contributed by atoms with Crippen LogP contribution in [0.15, 0.2) is 48.5 Å². The van der Waals surface area contributed by atoms with Gasteiger partial charge in [0.2, 0.25) is 5.91 Å². The van der Waals surface area contributed by atoms with Crippen LogP contribution in [0.2, 0.25) is 0 Å². The molecule has 2 aromatic carbocycles. The van der Waals surface area contributed by atoms with E-state index in [1.165, 1.54) is 24.3 Å². The van der Waals surface area contributed by atoms with Crippen LogP contribution in [0.25, 0.3) is 0 Å². The first-order valence-electron chi connectivity index (χ1n) is 6.68. The smallest absolute Gasteiger partial charge is 0.387 e. The number of amides is 2. The number of hydrogen-bond acceptors (Lipinski definition) is 3. The Labute approximate surface area is 131 Å². The van der Waals surface area contributed by atoms with E-state index in [2.05, 4.69) is 10.1 Å². The lowest BCUT2D eigenvalue weighted by molar-refractivity contribution is -0.117. The number of benzene rings is 2. The second kappa shape index (κ2) is 7.35. The number of anilines is 1. The molecule has 0 spiro atoms. The fraction of sp³-hybridized carbons (Fsp3) is 0.125. The van der Waals surface area contributed by atoms with Gasteiger partial charge in [0.05, 0.1) is 6.42 Å². The van der Waals surface area contributed by atoms with Gasteiger partial charge in [-0.2, -0.15) is 8.78 Å². The number of primary amides is 1. The molecule has 0 bridgehead atoms. The molecular weight excluding hydrogens is 306 g/mol. The Morgan fingerprint density at radius 3 is 2.35 bits per heavy atom. The van der Waals surface area contributed by atoms with Gasteiger partial charge in [-0.1, -0.05) is 18.2 Å². The fourth-order valence-corrected chi connectivity index (χ4v) is 1.97. The van der Waals surface area contributed by atoms with Crippen LogP contribution in [0.3, 0.4) is 0 Å². The van der Waals surface area contributed by atoms with Crippen molar-refractivity contribution in [1.29, 1.82) is 0 Å². The Morgan fingerprint density at radius 2 is 1.74 bits per heavy atom. The molecule has 0 unspecified atom stereocenters. The molecule has 5 nitrogen and oxygen atoms in total. The summed E-state index contributed by atoms with van der Waals surface area (Å²) < 4.78 is 28.4. The van der Waals surface area contributed by atoms with Crippen LogP contribution in [-0.4, -0.2) is 18.4 Å². The quantitative estimate of drug-likeness (QED) is 0.858. The molecule has 0 aliphatic carbocycles. The van der Waals surface area contributed by atoms with E-state index in [1.54, 1.807) is 24.3 Å². The molecule has 0 saturated carbocycles. The number of rotatable bonds is 6. The molecule has 2 amide bonds. The van der Waals surface area contributed by atoms with Crippen LogP contribution in [0.1, 0.15) is 15.9 Å². The summed E-state index contributed by atoms with van der Waals surface area (Å²) in [5, 5.41) is 2.66. The molecule has 0 fully saturated rings. The van der Waals surface area contributed by atoms with Gasteiger partial charge in [-0.05, 0) is 35.9 Å². The van der Waals surface area contributed by atoms with Crippen LogP contribution in [0.4, 0.5) is 14.5 Å². The highest BCUT2D eigenvalue weighted by Gasteiger charge is 2.11. The van der Waals surface area contributed by atoms with E-state index in [1.807, 2.05) is 0 Å². The van der Waals surface area contributed by atoms with Crippen molar-refractivity contribution >= 4 is 17.5 Å². The van der Waals surface area contributed by atoms with Gasteiger partial charge in [0, 0.05) is 11.3 Å². The molecule has 120 valence electrons. The molecule has 0 atom stereocenters. The Hall–Kier alpha value is -2.96. The summed E-state index contributed by atoms with van der Waals surface area (Å²) in [5.41, 5.74) is 6.48. The van der Waals surface area contributed by atoms with E-state index in [0.717, 1.165) is 0 Å². The average molecular weight is 320 g/mol. The number of carbonyl (C=O) groups is 2. The van der Waals surface area contributed by atoms with Gasteiger partial charge in [-0.15, -0.1) is 0 Å². The summed E-state index contributed by atoms with van der Waals surface area (Å²) in [4.78, 5) is 23.2. The zero-order valence-electron chi connectivity index (χ0n) is 12.0. The molecule has 0 aliphatic rings. The first-order valence-corrected chi connectivity index (χ1v) is 6.68. The van der Waals surface area contributed by atoms with Gasteiger partial charge in [0.25, 0.3) is 5.91 Å². The molecular formula is C16H14F2N2O3. The molecule has 0 aliphatic heterocycles. The first-order chi connectivity index (χ1) is 11.0. The fourth-order valence-electron chi connectivity index (χ4n) is 1.97. The molecule has 0 aromatic heterocycles. The maximum atomic E-state index is 12.2. The molecule has 0 saturated heterocycles. The third-order valence-electron chi connectivity index (χ3n) is 2.97. The minimum atomic E-state index is -2.92. The molecule has 7 heteroatoms. The summed E-state index contributed by atoms with van der Waals surface area (Å²) in [6.07, 6.45) is -0.00236. The van der Waals surface area contributed by atoms with Gasteiger partial charge < -0.3 is 15.8 Å². The number of para-hydroxylation sites is 1. The minimum absolute atomic E-state index is 0.00236. The molecule has 23 heavy (non-hydrogen) atoms. The van der Waals surface area contributed by atoms with Crippen LogP contribution in [0, 0.1) is 0 Å². The Balaban J connectivity index is 2.11. The standard InChI is InChI=1S/C16H14F2N2O3/c17-16(18)23-12-7-5-10(6-8-12)15(22)20-13-4-2-1-3-11(13)9-14(19)21/h1-8,16H,9H2,(H2,19,21)(H,20,22). The molecule has 2 aromatic rings. The number of hydrogen-bond donors (Lipinski definition) is 2. The van der Waals surface area contributed by atoms with E-state index in [4.69, 9.17) is 5.73 Å². The van der Waals surface area contributed by atoms with E-state index < -0.39 is 18.4 Å². The third kappa shape index (κ3) is 4.77. The number of halogens is 2. The lowest BCUT2D eigenvalue weighted by Crippen LogP contribution is -2.17. The Morgan fingerprint density at radius 1 is 1.09 bits per heavy atom. The highest BCUT2D eigenvalue weighted by atomic mass is 19.3. The lowest BCUT2D eigenvalue weighted by Gasteiger charge is -2.10. The van der Waals surface area contributed by atoms with Crippen molar-refractivity contribution in [2.75, 3.05) is 5.32 Å². The predicted octanol–water partition coefficient (Wildman–Crippen LogP) is 2.57. The van der Waals surface area contributed by atoms with E-state index in [-0.39, 0.29) is 17.7 Å². The normalized spacial score (nSPS) is 10.4. The number of carbonyl (C=O) groups excluding carboxylic acids is 2. The monoisotopic (exact) mass is 320 g/mol. The molecule has 3 N–H and O–H groups in total. The van der Waals surface area contributed by atoms with E-state index in [9.17, 15) is 18.4 Å². The van der Waals surface area contributed by atoms with Crippen molar-refractivity contribution in [3.05, 3.63) is 59.7 Å². The van der Waals surface area contributed by atoms with Crippen molar-refractivity contribution < 1.29 is 23.1 Å². The number of nitrogens with one attached hydrogen (secondary N) is 1. The highest BCUT2D eigenvalue weighted by molar-refractivity contribution is 6.05. The van der Waals surface area contributed by atoms with E-state index >= 15 is 0 Å². The Kier molecular flexibility index (Phi) is 5.24. The summed E-state index contributed by atoms with van der Waals surface area (Å²) >= 11 is 0. The van der Waals surface area contributed by atoms with Crippen molar-refractivity contribution in [1.82, 2.24) is 0 Å². The number of alkyl halides is 2. The zero-order chi connectivity index (χ0) is 16.8. The van der Waals surface area contributed by atoms with Gasteiger partial charge in [0.15, 0.2) is 0 Å². The summed E-state index contributed by atoms with van der Waals surface area (Å²) in [6.45, 7) is -2.92. The summed E-state index contributed by atoms with van der Waals surface area (Å²) in [5.74, 6) is -0.989. The van der Waals surface area contributed by atoms with Gasteiger partial charge in [-0.3, -0.25) is 9.59 Å². The van der Waals surface area contributed by atoms with Crippen LogP contribution < -0.4 is 15.8 Å². The maximum Gasteiger partial charge on any atom is 0.387 e. The van der Waals surface area contributed by atoms with Gasteiger partial charge in [0.1, 0.15) is 5.75 Å². The predicted molar refractivity (Wildman–Crippen MR) is 80.4 cm³/mol. The summed E-state index contributed by atoms with van der Waals surface area (Å²) in [7, 11) is 0. The molecule has 0 heterocycles. The number of nitrogens with two attached hydrogens (primary N) is 1. The zero-order valence-corrected chi connectivity index (χ0v) is 12.0. The molecule has 2 rings (SSSR count). The second-order valence-electron chi connectivity index (χ2n) is 4.66. The SMILES string of the molecule is NC(=O)Cc1ccccc1NC(=O)c1ccc(OC(F)F)cc1. The van der Waals surface area contributed by atoms with Crippen LogP contribution in [-0.2, 0) is 11.2 Å². The third-order valence-corrected chi connectivity index (χ3v) is 2.97. The van der Waals surface area contributed by atoms with Crippen molar-refractivity contribution in [2.45, 2.75) is 13.0 Å². The second-order valence-corrected chi connectivity index (χ2v) is 4.66.